The lowest BCUT2D eigenvalue weighted by molar-refractivity contribution is -0.301. The number of carboxylic acids is 1. The van der Waals surface area contributed by atoms with Crippen molar-refractivity contribution in [3.8, 4) is 0 Å². The number of allylic oxidation sites excluding steroid dienone is 13. The molecule has 440 valence electrons. The van der Waals surface area contributed by atoms with Crippen LogP contribution in [-0.2, 0) is 42.9 Å². The summed E-state index contributed by atoms with van der Waals surface area (Å²) in [6, 6.07) is 0. The van der Waals surface area contributed by atoms with Gasteiger partial charge in [0.05, 0.1) is 13.0 Å². The minimum Gasteiger partial charge on any atom is -0.479 e. The van der Waals surface area contributed by atoms with Crippen LogP contribution in [0.25, 0.3) is 0 Å². The van der Waals surface area contributed by atoms with Crippen LogP contribution in [0.4, 0.5) is 0 Å². The van der Waals surface area contributed by atoms with Crippen molar-refractivity contribution in [2.24, 2.45) is 0 Å². The first kappa shape index (κ1) is 70.9. The van der Waals surface area contributed by atoms with E-state index in [0.717, 1.165) is 96.3 Å². The van der Waals surface area contributed by atoms with Gasteiger partial charge in [-0.05, 0) is 70.6 Å². The molecule has 1 fully saturated rings. The van der Waals surface area contributed by atoms with Crippen LogP contribution >= 0.6 is 0 Å². The lowest BCUT2D eigenvalue weighted by atomic mass is 9.98. The van der Waals surface area contributed by atoms with Crippen molar-refractivity contribution in [1.29, 1.82) is 0 Å². The molecule has 0 amide bonds. The summed E-state index contributed by atoms with van der Waals surface area (Å²) in [4.78, 5) is 51.1. The van der Waals surface area contributed by atoms with Gasteiger partial charge in [-0.25, -0.2) is 4.79 Å². The standard InChI is InChI=1S/C65H108O12/c1-4-7-10-13-16-19-22-25-27-28-29-30-32-34-36-39-42-45-48-51-57(66)73-54-56(75-58(67)52-49-46-43-40-38-35-31-26-23-20-17-14-11-8-5-2)55-74-65-63(61(70)60(69)62(77-65)64(71)72)76-59(68)53-50-47-44-41-37-33-24-21-18-15-12-9-6-3/h8,11-12,15,17,20-21,24,26,31,38,40,46,49,56,60-63,65,69-70H,4-7,9-10,13-14,16,18-19,22-23,25,27-30,32-37,39,41-45,47-48,50-55H2,1-3H3,(H,71,72)/b11-8-,15-12-,20-17-,24-21-,31-26-,40-38-,49-46-. The van der Waals surface area contributed by atoms with Gasteiger partial charge in [-0.1, -0.05) is 247 Å². The molecule has 0 aliphatic carbocycles. The number of aliphatic hydroxyl groups excluding tert-OH is 2. The highest BCUT2D eigenvalue weighted by Gasteiger charge is 2.50. The molecule has 0 aromatic heterocycles. The van der Waals surface area contributed by atoms with E-state index in [1.165, 1.54) is 96.3 Å². The fourth-order valence-electron chi connectivity index (χ4n) is 8.83. The van der Waals surface area contributed by atoms with Gasteiger partial charge in [0.15, 0.2) is 24.6 Å². The van der Waals surface area contributed by atoms with Crippen molar-refractivity contribution < 1.29 is 58.2 Å². The molecule has 0 bridgehead atoms. The summed E-state index contributed by atoms with van der Waals surface area (Å²) in [5.74, 6) is -3.30. The normalized spacial score (nSPS) is 18.6. The van der Waals surface area contributed by atoms with Gasteiger partial charge in [0, 0.05) is 12.8 Å². The number of aliphatic carboxylic acids is 1. The fraction of sp³-hybridized carbons (Fsp3) is 0.723. The highest BCUT2D eigenvalue weighted by Crippen LogP contribution is 2.26. The molecule has 12 nitrogen and oxygen atoms in total. The summed E-state index contributed by atoms with van der Waals surface area (Å²) in [6.07, 6.45) is 55.9. The quantitative estimate of drug-likeness (QED) is 0.0228. The van der Waals surface area contributed by atoms with E-state index in [4.69, 9.17) is 23.7 Å². The third kappa shape index (κ3) is 42.5. The zero-order chi connectivity index (χ0) is 56.1. The Labute approximate surface area is 467 Å². The fourth-order valence-corrected chi connectivity index (χ4v) is 8.83. The van der Waals surface area contributed by atoms with Crippen LogP contribution in [0.15, 0.2) is 85.1 Å². The monoisotopic (exact) mass is 1080 g/mol. The molecule has 6 unspecified atom stereocenters. The van der Waals surface area contributed by atoms with E-state index < -0.39 is 67.3 Å². The maximum Gasteiger partial charge on any atom is 0.335 e. The topological polar surface area (TPSA) is 175 Å². The van der Waals surface area contributed by atoms with Crippen LogP contribution in [0.2, 0.25) is 0 Å². The Balaban J connectivity index is 2.71. The summed E-state index contributed by atoms with van der Waals surface area (Å²) in [6.45, 7) is 5.74. The number of hydrogen-bond acceptors (Lipinski definition) is 11. The highest BCUT2D eigenvalue weighted by atomic mass is 16.7. The van der Waals surface area contributed by atoms with Gasteiger partial charge in [0.25, 0.3) is 0 Å². The van der Waals surface area contributed by atoms with Gasteiger partial charge in [-0.3, -0.25) is 14.4 Å². The SMILES string of the molecule is CC/C=C\C/C=C\C/C=C\C/C=C\C/C=C\CC(=O)OC(COC(=O)CCCCCCCCCCCCCCCCCCCCC)COC1OC(C(=O)O)C(O)C(O)C1OC(=O)CCCCCCC/C=C\C/C=C\CCC. The second kappa shape index (κ2) is 52.6. The molecule has 1 rings (SSSR count). The third-order valence-corrected chi connectivity index (χ3v) is 13.5. The number of carboxylic acid groups (broad SMARTS) is 1. The predicted octanol–water partition coefficient (Wildman–Crippen LogP) is 15.9. The first-order chi connectivity index (χ1) is 37.6. The van der Waals surface area contributed by atoms with Crippen LogP contribution in [-0.4, -0.2) is 89.2 Å². The summed E-state index contributed by atoms with van der Waals surface area (Å²) >= 11 is 0. The zero-order valence-corrected chi connectivity index (χ0v) is 48.4. The Kier molecular flexibility index (Phi) is 48.4. The molecule has 3 N–H and O–H groups in total. The maximum absolute atomic E-state index is 13.1. The molecule has 0 aromatic carbocycles. The van der Waals surface area contributed by atoms with Crippen LogP contribution in [0.5, 0.6) is 0 Å². The lowest BCUT2D eigenvalue weighted by Crippen LogP contribution is -2.61. The van der Waals surface area contributed by atoms with Crippen molar-refractivity contribution in [2.45, 2.75) is 289 Å². The van der Waals surface area contributed by atoms with Gasteiger partial charge in [-0.15, -0.1) is 0 Å². The molecule has 0 aromatic rings. The van der Waals surface area contributed by atoms with Gasteiger partial charge in [0.2, 0.25) is 0 Å². The predicted molar refractivity (Wildman–Crippen MR) is 312 cm³/mol. The number of hydrogen-bond donors (Lipinski definition) is 3. The van der Waals surface area contributed by atoms with Crippen molar-refractivity contribution >= 4 is 23.9 Å². The first-order valence-corrected chi connectivity index (χ1v) is 30.6. The summed E-state index contributed by atoms with van der Waals surface area (Å²) < 4.78 is 28.3. The number of esters is 3. The Morgan fingerprint density at radius 1 is 0.455 bits per heavy atom. The average Bonchev–Trinajstić information content (AvgIpc) is 3.41. The molecule has 1 aliphatic heterocycles. The smallest absolute Gasteiger partial charge is 0.335 e. The van der Waals surface area contributed by atoms with Crippen LogP contribution in [0, 0.1) is 0 Å². The number of ether oxygens (including phenoxy) is 5. The van der Waals surface area contributed by atoms with Crippen LogP contribution in [0.3, 0.4) is 0 Å². The van der Waals surface area contributed by atoms with E-state index in [0.29, 0.717) is 19.3 Å². The van der Waals surface area contributed by atoms with E-state index in [1.807, 2.05) is 12.2 Å². The van der Waals surface area contributed by atoms with E-state index in [-0.39, 0.29) is 25.9 Å². The van der Waals surface area contributed by atoms with Gasteiger partial charge in [-0.2, -0.15) is 0 Å². The number of aliphatic hydroxyl groups is 2. The van der Waals surface area contributed by atoms with E-state index >= 15 is 0 Å². The molecule has 12 heteroatoms. The van der Waals surface area contributed by atoms with Gasteiger partial charge in [0.1, 0.15) is 18.8 Å². The third-order valence-electron chi connectivity index (χ3n) is 13.5. The molecule has 0 saturated carbocycles. The van der Waals surface area contributed by atoms with E-state index in [1.54, 1.807) is 6.08 Å². The first-order valence-electron chi connectivity index (χ1n) is 30.6. The summed E-state index contributed by atoms with van der Waals surface area (Å²) in [5, 5.41) is 31.5. The van der Waals surface area contributed by atoms with Crippen molar-refractivity contribution in [2.75, 3.05) is 13.2 Å². The summed E-state index contributed by atoms with van der Waals surface area (Å²) in [7, 11) is 0. The lowest BCUT2D eigenvalue weighted by Gasteiger charge is -2.40. The minimum absolute atomic E-state index is 0.0316. The van der Waals surface area contributed by atoms with Gasteiger partial charge < -0.3 is 39.0 Å². The van der Waals surface area contributed by atoms with Crippen LogP contribution < -0.4 is 0 Å². The number of carbonyl (C=O) groups excluding carboxylic acids is 3. The largest absolute Gasteiger partial charge is 0.479 e. The molecule has 6 atom stereocenters. The van der Waals surface area contributed by atoms with Gasteiger partial charge >= 0.3 is 23.9 Å². The molecule has 0 radical (unpaired) electrons. The van der Waals surface area contributed by atoms with E-state index in [2.05, 4.69) is 87.6 Å². The van der Waals surface area contributed by atoms with E-state index in [9.17, 15) is 34.5 Å². The number of unbranched alkanes of at least 4 members (excludes halogenated alkanes) is 24. The highest BCUT2D eigenvalue weighted by molar-refractivity contribution is 5.74. The Bertz CT molecular complexity index is 1660. The van der Waals surface area contributed by atoms with Crippen LogP contribution in [0.1, 0.15) is 252 Å². The number of carbonyl (C=O) groups is 4. The van der Waals surface area contributed by atoms with Crippen molar-refractivity contribution in [1.82, 2.24) is 0 Å². The summed E-state index contributed by atoms with van der Waals surface area (Å²) in [5.41, 5.74) is 0. The molecular formula is C65H108O12. The number of rotatable bonds is 51. The molecule has 77 heavy (non-hydrogen) atoms. The maximum atomic E-state index is 13.1. The molecule has 0 spiro atoms. The van der Waals surface area contributed by atoms with Crippen molar-refractivity contribution in [3.05, 3.63) is 85.1 Å². The Morgan fingerprint density at radius 3 is 1.36 bits per heavy atom. The zero-order valence-electron chi connectivity index (χ0n) is 48.4. The average molecular weight is 1080 g/mol. The molecule has 1 heterocycles. The second-order valence-electron chi connectivity index (χ2n) is 20.6. The molecule has 1 saturated heterocycles. The molecular weight excluding hydrogens is 973 g/mol. The Morgan fingerprint density at radius 2 is 0.883 bits per heavy atom. The molecule has 1 aliphatic rings. The Hall–Kier alpha value is -4.10. The van der Waals surface area contributed by atoms with Crippen molar-refractivity contribution in [3.63, 3.8) is 0 Å². The minimum atomic E-state index is -1.92. The second-order valence-corrected chi connectivity index (χ2v) is 20.6.